The van der Waals surface area contributed by atoms with Gasteiger partial charge in [0.1, 0.15) is 11.8 Å². The van der Waals surface area contributed by atoms with Crippen LogP contribution in [0.3, 0.4) is 0 Å². The second-order valence-corrected chi connectivity index (χ2v) is 11.9. The Morgan fingerprint density at radius 3 is 2.25 bits per heavy atom. The number of aromatic amines is 1. The first-order chi connectivity index (χ1) is 21.4. The van der Waals surface area contributed by atoms with Gasteiger partial charge in [-0.1, -0.05) is 42.5 Å². The van der Waals surface area contributed by atoms with Crippen LogP contribution in [0.25, 0.3) is 11.4 Å². The van der Waals surface area contributed by atoms with Gasteiger partial charge in [-0.2, -0.15) is 0 Å². The average Bonchev–Trinajstić information content (AvgIpc) is 3.47. The van der Waals surface area contributed by atoms with Gasteiger partial charge in [0, 0.05) is 70.5 Å². The standard InChI is InChI=1S/C32H41N7O5/c40-27-8-6-23(7-9-27)22-28(30(41)37-18-16-36(17-19-37)25-12-20-44-21-13-25)33-31(42)38-14-10-26(11-15-38)39-32(43)34-29(35-39)24-4-2-1-3-5-24/h1-9,25-26,28,40H,10-22H2,(H,33,42)(H,34,35,43)/t28-/m1/s1. The Hall–Kier alpha value is -4.16. The van der Waals surface area contributed by atoms with E-state index in [2.05, 4.69) is 20.3 Å². The summed E-state index contributed by atoms with van der Waals surface area (Å²) in [5.41, 5.74) is 1.44. The topological polar surface area (TPSA) is 136 Å². The van der Waals surface area contributed by atoms with Crippen molar-refractivity contribution in [3.63, 3.8) is 0 Å². The van der Waals surface area contributed by atoms with Crippen molar-refractivity contribution in [2.45, 2.75) is 50.2 Å². The Balaban J connectivity index is 1.08. The van der Waals surface area contributed by atoms with Gasteiger partial charge in [0.15, 0.2) is 5.82 Å². The van der Waals surface area contributed by atoms with Crippen LogP contribution in [0.1, 0.15) is 37.3 Å². The molecule has 2 aromatic carbocycles. The molecule has 3 amide bonds. The Morgan fingerprint density at radius 2 is 1.57 bits per heavy atom. The summed E-state index contributed by atoms with van der Waals surface area (Å²) in [6, 6.07) is 15.6. The maximum absolute atomic E-state index is 13.8. The van der Waals surface area contributed by atoms with E-state index in [0.29, 0.717) is 57.3 Å². The van der Waals surface area contributed by atoms with Crippen molar-refractivity contribution < 1.29 is 19.4 Å². The molecule has 0 spiro atoms. The Bertz CT molecular complexity index is 1450. The lowest BCUT2D eigenvalue weighted by atomic mass is 10.0. The fourth-order valence-electron chi connectivity index (χ4n) is 6.51. The molecule has 6 rings (SSSR count). The highest BCUT2D eigenvalue weighted by Gasteiger charge is 2.33. The molecular formula is C32H41N7O5. The summed E-state index contributed by atoms with van der Waals surface area (Å²) in [7, 11) is 0. The monoisotopic (exact) mass is 603 g/mol. The van der Waals surface area contributed by atoms with Crippen LogP contribution < -0.4 is 11.0 Å². The summed E-state index contributed by atoms with van der Waals surface area (Å²) in [6.07, 6.45) is 3.53. The number of ether oxygens (including phenoxy) is 1. The molecule has 44 heavy (non-hydrogen) atoms. The number of aromatic hydroxyl groups is 1. The lowest BCUT2D eigenvalue weighted by Crippen LogP contribution is -2.59. The fourth-order valence-corrected chi connectivity index (χ4v) is 6.51. The van der Waals surface area contributed by atoms with Crippen LogP contribution in [0.2, 0.25) is 0 Å². The molecule has 1 atom stereocenters. The van der Waals surface area contributed by atoms with Gasteiger partial charge in [-0.15, -0.1) is 5.10 Å². The molecule has 3 N–H and O–H groups in total. The van der Waals surface area contributed by atoms with Crippen LogP contribution in [0.15, 0.2) is 59.4 Å². The minimum absolute atomic E-state index is 0.0931. The first-order valence-electron chi connectivity index (χ1n) is 15.6. The van der Waals surface area contributed by atoms with Crippen LogP contribution in [-0.2, 0) is 16.0 Å². The van der Waals surface area contributed by atoms with Crippen LogP contribution >= 0.6 is 0 Å². The summed E-state index contributed by atoms with van der Waals surface area (Å²) in [4.78, 5) is 48.9. The molecule has 0 radical (unpaired) electrons. The van der Waals surface area contributed by atoms with E-state index in [0.717, 1.165) is 50.3 Å². The van der Waals surface area contributed by atoms with Crippen LogP contribution in [0.4, 0.5) is 4.79 Å². The number of aromatic nitrogens is 3. The van der Waals surface area contributed by atoms with E-state index in [1.54, 1.807) is 29.2 Å². The third kappa shape index (κ3) is 6.97. The number of H-pyrrole nitrogens is 1. The van der Waals surface area contributed by atoms with Gasteiger partial charge in [-0.25, -0.2) is 14.3 Å². The SMILES string of the molecule is O=C(N[C@H](Cc1ccc(O)cc1)C(=O)N1CCN(C2CCOCC2)CC1)N1CCC(n2nc(-c3ccccc3)[nH]c2=O)CC1. The zero-order chi connectivity index (χ0) is 30.5. The van der Waals surface area contributed by atoms with Crippen LogP contribution in [0, 0.1) is 0 Å². The molecule has 1 aromatic heterocycles. The molecule has 3 aliphatic heterocycles. The van der Waals surface area contributed by atoms with Gasteiger partial charge in [0.2, 0.25) is 5.91 Å². The number of urea groups is 1. The van der Waals surface area contributed by atoms with E-state index in [-0.39, 0.29) is 29.4 Å². The van der Waals surface area contributed by atoms with Crippen molar-refractivity contribution in [1.82, 2.24) is 34.8 Å². The lowest BCUT2D eigenvalue weighted by Gasteiger charge is -2.41. The number of carbonyl (C=O) groups excluding carboxylic acids is 2. The highest BCUT2D eigenvalue weighted by molar-refractivity contribution is 5.87. The molecule has 234 valence electrons. The van der Waals surface area contributed by atoms with Crippen LogP contribution in [-0.4, -0.2) is 111 Å². The molecule has 3 saturated heterocycles. The number of likely N-dealkylation sites (tertiary alicyclic amines) is 1. The van der Waals surface area contributed by atoms with Crippen molar-refractivity contribution in [2.24, 2.45) is 0 Å². The maximum Gasteiger partial charge on any atom is 0.343 e. The van der Waals surface area contributed by atoms with E-state index in [1.807, 2.05) is 35.2 Å². The Morgan fingerprint density at radius 1 is 0.886 bits per heavy atom. The molecule has 0 bridgehead atoms. The number of benzene rings is 2. The molecule has 3 aliphatic rings. The number of hydrogen-bond acceptors (Lipinski definition) is 7. The largest absolute Gasteiger partial charge is 0.508 e. The molecule has 3 aromatic rings. The minimum Gasteiger partial charge on any atom is -0.508 e. The molecule has 4 heterocycles. The fraction of sp³-hybridized carbons (Fsp3) is 0.500. The number of nitrogens with zero attached hydrogens (tertiary/aromatic N) is 5. The predicted octanol–water partition coefficient (Wildman–Crippen LogP) is 2.22. The molecule has 12 heteroatoms. The predicted molar refractivity (Wildman–Crippen MR) is 164 cm³/mol. The average molecular weight is 604 g/mol. The number of hydrogen-bond donors (Lipinski definition) is 3. The van der Waals surface area contributed by atoms with Crippen molar-refractivity contribution in [3.8, 4) is 17.1 Å². The highest BCUT2D eigenvalue weighted by Crippen LogP contribution is 2.23. The number of carbonyl (C=O) groups is 2. The summed E-state index contributed by atoms with van der Waals surface area (Å²) in [5.74, 6) is 0.587. The van der Waals surface area contributed by atoms with Gasteiger partial charge in [0.25, 0.3) is 0 Å². The second-order valence-electron chi connectivity index (χ2n) is 11.9. The van der Waals surface area contributed by atoms with E-state index in [4.69, 9.17) is 4.74 Å². The molecule has 0 unspecified atom stereocenters. The van der Waals surface area contributed by atoms with E-state index >= 15 is 0 Å². The van der Waals surface area contributed by atoms with Gasteiger partial charge < -0.3 is 25.0 Å². The minimum atomic E-state index is -0.734. The summed E-state index contributed by atoms with van der Waals surface area (Å²) in [5, 5.41) is 17.3. The van der Waals surface area contributed by atoms with Crippen molar-refractivity contribution in [1.29, 1.82) is 0 Å². The van der Waals surface area contributed by atoms with Gasteiger partial charge in [-0.05, 0) is 43.4 Å². The zero-order valence-electron chi connectivity index (χ0n) is 24.9. The number of amides is 3. The molecule has 12 nitrogen and oxygen atoms in total. The van der Waals surface area contributed by atoms with Gasteiger partial charge in [0.05, 0.1) is 6.04 Å². The molecular weight excluding hydrogens is 562 g/mol. The number of nitrogens with one attached hydrogen (secondary N) is 2. The number of rotatable bonds is 7. The second kappa shape index (κ2) is 13.6. The third-order valence-electron chi connectivity index (χ3n) is 9.09. The van der Waals surface area contributed by atoms with Crippen molar-refractivity contribution in [2.75, 3.05) is 52.5 Å². The Labute approximate surface area is 256 Å². The number of phenols is 1. The normalized spacial score (nSPS) is 19.5. The Kier molecular flexibility index (Phi) is 9.27. The quantitative estimate of drug-likeness (QED) is 0.377. The number of piperidine rings is 1. The molecule has 0 aliphatic carbocycles. The van der Waals surface area contributed by atoms with E-state index in [1.165, 1.54) is 4.68 Å². The third-order valence-corrected chi connectivity index (χ3v) is 9.09. The maximum atomic E-state index is 13.8. The zero-order valence-corrected chi connectivity index (χ0v) is 24.9. The first-order valence-corrected chi connectivity index (χ1v) is 15.6. The number of piperazine rings is 1. The van der Waals surface area contributed by atoms with E-state index in [9.17, 15) is 19.5 Å². The smallest absolute Gasteiger partial charge is 0.343 e. The highest BCUT2D eigenvalue weighted by atomic mass is 16.5. The number of phenolic OH excluding ortho intramolecular Hbond substituents is 1. The molecule has 0 saturated carbocycles. The van der Waals surface area contributed by atoms with Crippen molar-refractivity contribution >= 4 is 11.9 Å². The summed E-state index contributed by atoms with van der Waals surface area (Å²) >= 11 is 0. The van der Waals surface area contributed by atoms with Crippen molar-refractivity contribution in [3.05, 3.63) is 70.6 Å². The van der Waals surface area contributed by atoms with Gasteiger partial charge >= 0.3 is 11.7 Å². The first kappa shape index (κ1) is 29.9. The van der Waals surface area contributed by atoms with Gasteiger partial charge in [-0.3, -0.25) is 14.7 Å². The lowest BCUT2D eigenvalue weighted by molar-refractivity contribution is -0.135. The summed E-state index contributed by atoms with van der Waals surface area (Å²) < 4.78 is 7.01. The molecule has 3 fully saturated rings. The van der Waals surface area contributed by atoms with E-state index < -0.39 is 6.04 Å². The summed E-state index contributed by atoms with van der Waals surface area (Å²) in [6.45, 7) is 5.31. The van der Waals surface area contributed by atoms with Crippen LogP contribution in [0.5, 0.6) is 5.75 Å².